The number of carbonyl (C=O) groups excluding carboxylic acids is 1. The molecule has 1 atom stereocenters. The number of carbonyl (C=O) groups is 1. The van der Waals surface area contributed by atoms with Crippen LogP contribution >= 0.6 is 11.6 Å². The highest BCUT2D eigenvalue weighted by atomic mass is 35.5. The van der Waals surface area contributed by atoms with Crippen molar-refractivity contribution in [2.75, 3.05) is 5.32 Å². The van der Waals surface area contributed by atoms with Crippen LogP contribution in [0.5, 0.6) is 0 Å². The number of amides is 2. The molecule has 0 fully saturated rings. The number of rotatable bonds is 5. The van der Waals surface area contributed by atoms with Crippen molar-refractivity contribution in [2.24, 2.45) is 5.92 Å². The zero-order valence-corrected chi connectivity index (χ0v) is 13.5. The first-order valence-corrected chi connectivity index (χ1v) is 7.45. The van der Waals surface area contributed by atoms with Crippen molar-refractivity contribution in [2.45, 2.75) is 33.2 Å². The Morgan fingerprint density at radius 3 is 2.73 bits per heavy atom. The molecule has 7 heteroatoms. The number of anilines is 1. The lowest BCUT2D eigenvalue weighted by Gasteiger charge is -2.17. The third-order valence-corrected chi connectivity index (χ3v) is 3.17. The Morgan fingerprint density at radius 2 is 2.14 bits per heavy atom. The van der Waals surface area contributed by atoms with Crippen LogP contribution in [0.1, 0.15) is 38.1 Å². The molecule has 0 spiro atoms. The van der Waals surface area contributed by atoms with Gasteiger partial charge >= 0.3 is 6.03 Å². The molecule has 1 aromatic carbocycles. The zero-order valence-electron chi connectivity index (χ0n) is 12.8. The smallest absolute Gasteiger partial charge is 0.319 e. The van der Waals surface area contributed by atoms with E-state index in [1.165, 1.54) is 0 Å². The number of halogens is 1. The topological polar surface area (TPSA) is 80.0 Å². The molecule has 0 aliphatic rings. The fourth-order valence-electron chi connectivity index (χ4n) is 2.04. The molecule has 1 unspecified atom stereocenters. The van der Waals surface area contributed by atoms with Gasteiger partial charge in [-0.2, -0.15) is 0 Å². The summed E-state index contributed by atoms with van der Waals surface area (Å²) in [6, 6.07) is 6.28. The van der Waals surface area contributed by atoms with Crippen LogP contribution in [0.15, 0.2) is 28.7 Å². The van der Waals surface area contributed by atoms with Gasteiger partial charge < -0.3 is 15.1 Å². The van der Waals surface area contributed by atoms with Gasteiger partial charge in [0, 0.05) is 17.6 Å². The van der Waals surface area contributed by atoms with Crippen molar-refractivity contribution in [1.29, 1.82) is 0 Å². The third-order valence-electron chi connectivity index (χ3n) is 2.93. The summed E-state index contributed by atoms with van der Waals surface area (Å²) in [6.45, 7) is 5.84. The number of nitrogens with one attached hydrogen (secondary N) is 2. The SMILES string of the molecule is Cc1nnc(C(CC(C)C)NC(=O)Nc2cccc(Cl)c2)o1. The van der Waals surface area contributed by atoms with Crippen molar-refractivity contribution in [1.82, 2.24) is 15.5 Å². The molecule has 118 valence electrons. The molecule has 1 heterocycles. The lowest BCUT2D eigenvalue weighted by molar-refractivity contribution is 0.242. The number of hydrogen-bond donors (Lipinski definition) is 2. The Bertz CT molecular complexity index is 642. The molecule has 22 heavy (non-hydrogen) atoms. The van der Waals surface area contributed by atoms with Crippen molar-refractivity contribution in [3.05, 3.63) is 41.1 Å². The molecule has 2 amide bonds. The summed E-state index contributed by atoms with van der Waals surface area (Å²) in [5.74, 6) is 1.25. The van der Waals surface area contributed by atoms with Crippen LogP contribution in [0.4, 0.5) is 10.5 Å². The van der Waals surface area contributed by atoms with E-state index in [2.05, 4.69) is 34.7 Å². The Kier molecular flexibility index (Phi) is 5.38. The van der Waals surface area contributed by atoms with Gasteiger partial charge in [0.1, 0.15) is 6.04 Å². The molecule has 0 bridgehead atoms. The van der Waals surface area contributed by atoms with E-state index < -0.39 is 0 Å². The minimum absolute atomic E-state index is 0.333. The van der Waals surface area contributed by atoms with Gasteiger partial charge in [0.05, 0.1) is 0 Å². The normalized spacial score (nSPS) is 12.2. The van der Waals surface area contributed by atoms with E-state index in [1.54, 1.807) is 31.2 Å². The molecule has 0 saturated carbocycles. The molecule has 1 aromatic heterocycles. The summed E-state index contributed by atoms with van der Waals surface area (Å²) in [6.07, 6.45) is 0.699. The van der Waals surface area contributed by atoms with Gasteiger partial charge in [0.2, 0.25) is 11.8 Å². The molecule has 0 radical (unpaired) electrons. The lowest BCUT2D eigenvalue weighted by atomic mass is 10.0. The lowest BCUT2D eigenvalue weighted by Crippen LogP contribution is -2.33. The second kappa shape index (κ2) is 7.26. The number of urea groups is 1. The highest BCUT2D eigenvalue weighted by molar-refractivity contribution is 6.30. The largest absolute Gasteiger partial charge is 0.423 e. The van der Waals surface area contributed by atoms with Crippen molar-refractivity contribution < 1.29 is 9.21 Å². The second-order valence-electron chi connectivity index (χ2n) is 5.45. The minimum Gasteiger partial charge on any atom is -0.423 e. The average molecular weight is 323 g/mol. The van der Waals surface area contributed by atoms with Gasteiger partial charge in [0.25, 0.3) is 0 Å². The first kappa shape index (κ1) is 16.3. The van der Waals surface area contributed by atoms with Gasteiger partial charge in [0.15, 0.2) is 0 Å². The van der Waals surface area contributed by atoms with Crippen LogP contribution in [0.25, 0.3) is 0 Å². The first-order valence-electron chi connectivity index (χ1n) is 7.07. The van der Waals surface area contributed by atoms with Gasteiger partial charge in [-0.15, -0.1) is 10.2 Å². The van der Waals surface area contributed by atoms with Gasteiger partial charge in [-0.1, -0.05) is 31.5 Å². The molecule has 2 aromatic rings. The predicted molar refractivity (Wildman–Crippen MR) is 84.8 cm³/mol. The number of nitrogens with zero attached hydrogens (tertiary/aromatic N) is 2. The predicted octanol–water partition coefficient (Wildman–Crippen LogP) is 3.94. The summed E-state index contributed by atoms with van der Waals surface area (Å²) in [4.78, 5) is 12.1. The maximum atomic E-state index is 12.1. The molecule has 6 nitrogen and oxygen atoms in total. The van der Waals surface area contributed by atoms with Crippen LogP contribution in [0, 0.1) is 12.8 Å². The van der Waals surface area contributed by atoms with Gasteiger partial charge in [-0.3, -0.25) is 0 Å². The van der Waals surface area contributed by atoms with E-state index in [4.69, 9.17) is 16.0 Å². The summed E-state index contributed by atoms with van der Waals surface area (Å²) >= 11 is 5.90. The monoisotopic (exact) mass is 322 g/mol. The van der Waals surface area contributed by atoms with E-state index in [0.717, 1.165) is 0 Å². The number of benzene rings is 1. The summed E-state index contributed by atoms with van der Waals surface area (Å²) in [5, 5.41) is 14.0. The molecular formula is C15H19ClN4O2. The van der Waals surface area contributed by atoms with Crippen molar-refractivity contribution in [3.8, 4) is 0 Å². The molecule has 2 rings (SSSR count). The summed E-state index contributed by atoms with van der Waals surface area (Å²) in [7, 11) is 0. The Morgan fingerprint density at radius 1 is 1.36 bits per heavy atom. The Hall–Kier alpha value is -2.08. The number of hydrogen-bond acceptors (Lipinski definition) is 4. The van der Waals surface area contributed by atoms with Crippen molar-refractivity contribution in [3.63, 3.8) is 0 Å². The number of aryl methyl sites for hydroxylation is 1. The third kappa shape index (κ3) is 4.73. The minimum atomic E-state index is -0.344. The average Bonchev–Trinajstić information content (AvgIpc) is 2.84. The molecule has 2 N–H and O–H groups in total. The van der Waals surface area contributed by atoms with Crippen molar-refractivity contribution >= 4 is 23.3 Å². The van der Waals surface area contributed by atoms with Crippen LogP contribution in [-0.4, -0.2) is 16.2 Å². The second-order valence-corrected chi connectivity index (χ2v) is 5.89. The zero-order chi connectivity index (χ0) is 16.1. The van der Waals surface area contributed by atoms with E-state index in [1.807, 2.05) is 0 Å². The van der Waals surface area contributed by atoms with Crippen LogP contribution in [-0.2, 0) is 0 Å². The van der Waals surface area contributed by atoms with E-state index in [-0.39, 0.29) is 12.1 Å². The highest BCUT2D eigenvalue weighted by Gasteiger charge is 2.21. The van der Waals surface area contributed by atoms with Gasteiger partial charge in [-0.05, 0) is 30.5 Å². The Balaban J connectivity index is 2.04. The van der Waals surface area contributed by atoms with E-state index in [0.29, 0.717) is 34.8 Å². The van der Waals surface area contributed by atoms with Crippen LogP contribution in [0.3, 0.4) is 0 Å². The van der Waals surface area contributed by atoms with Crippen LogP contribution in [0.2, 0.25) is 5.02 Å². The first-order chi connectivity index (χ1) is 10.4. The van der Waals surface area contributed by atoms with Gasteiger partial charge in [-0.25, -0.2) is 4.79 Å². The van der Waals surface area contributed by atoms with E-state index >= 15 is 0 Å². The fourth-order valence-corrected chi connectivity index (χ4v) is 2.23. The van der Waals surface area contributed by atoms with Crippen LogP contribution < -0.4 is 10.6 Å². The highest BCUT2D eigenvalue weighted by Crippen LogP contribution is 2.21. The standard InChI is InChI=1S/C15H19ClN4O2/c1-9(2)7-13(14-20-19-10(3)22-14)18-15(21)17-12-6-4-5-11(16)8-12/h4-6,8-9,13H,7H2,1-3H3,(H2,17,18,21). The molecular weight excluding hydrogens is 304 g/mol. The maximum absolute atomic E-state index is 12.1. The van der Waals surface area contributed by atoms with E-state index in [9.17, 15) is 4.79 Å². The molecule has 0 aliphatic heterocycles. The molecule has 0 aliphatic carbocycles. The quantitative estimate of drug-likeness (QED) is 0.873. The molecule has 0 saturated heterocycles. The Labute approximate surface area is 134 Å². The summed E-state index contributed by atoms with van der Waals surface area (Å²) < 4.78 is 5.43. The summed E-state index contributed by atoms with van der Waals surface area (Å²) in [5.41, 5.74) is 0.620. The fraction of sp³-hybridized carbons (Fsp3) is 0.400. The number of aromatic nitrogens is 2. The maximum Gasteiger partial charge on any atom is 0.319 e.